The van der Waals surface area contributed by atoms with E-state index in [0.29, 0.717) is 0 Å². The van der Waals surface area contributed by atoms with E-state index in [1.165, 1.54) is 12.1 Å². The fourth-order valence-electron chi connectivity index (χ4n) is 1.50. The summed E-state index contributed by atoms with van der Waals surface area (Å²) in [5, 5.41) is 0.144. The number of hydrogen-bond donors (Lipinski definition) is 0. The predicted octanol–water partition coefficient (Wildman–Crippen LogP) is 4.34. The first kappa shape index (κ1) is 11.5. The average Bonchev–Trinajstić information content (AvgIpc) is 2.18. The largest absolute Gasteiger partial charge is 0.207 e. The van der Waals surface area contributed by atoms with Gasteiger partial charge < -0.3 is 0 Å². The SMILES string of the molecule is CCCC(Cl)C(C)c1ccc(F)cc1. The Morgan fingerprint density at radius 2 is 1.86 bits per heavy atom. The second-order valence-corrected chi connectivity index (χ2v) is 4.21. The van der Waals surface area contributed by atoms with Gasteiger partial charge in [0, 0.05) is 5.38 Å². The molecule has 2 atom stereocenters. The van der Waals surface area contributed by atoms with Gasteiger partial charge in [-0.1, -0.05) is 32.4 Å². The fourth-order valence-corrected chi connectivity index (χ4v) is 1.86. The number of alkyl halides is 1. The van der Waals surface area contributed by atoms with Crippen LogP contribution >= 0.6 is 11.6 Å². The molecular formula is C12H16ClF. The third-order valence-corrected chi connectivity index (χ3v) is 3.10. The summed E-state index contributed by atoms with van der Waals surface area (Å²) >= 11 is 6.21. The molecule has 0 heterocycles. The molecule has 14 heavy (non-hydrogen) atoms. The lowest BCUT2D eigenvalue weighted by atomic mass is 9.95. The maximum Gasteiger partial charge on any atom is 0.123 e. The average molecular weight is 215 g/mol. The van der Waals surface area contributed by atoms with E-state index in [9.17, 15) is 4.39 Å². The molecule has 0 amide bonds. The van der Waals surface area contributed by atoms with Crippen molar-refractivity contribution < 1.29 is 4.39 Å². The van der Waals surface area contributed by atoms with Gasteiger partial charge >= 0.3 is 0 Å². The van der Waals surface area contributed by atoms with Gasteiger partial charge in [-0.25, -0.2) is 4.39 Å². The topological polar surface area (TPSA) is 0 Å². The minimum Gasteiger partial charge on any atom is -0.207 e. The molecule has 0 aromatic heterocycles. The standard InChI is InChI=1S/C12H16ClF/c1-3-4-12(13)9(2)10-5-7-11(14)8-6-10/h5-9,12H,3-4H2,1-2H3. The van der Waals surface area contributed by atoms with E-state index in [4.69, 9.17) is 11.6 Å². The van der Waals surface area contributed by atoms with E-state index in [1.54, 1.807) is 0 Å². The molecular weight excluding hydrogens is 199 g/mol. The molecule has 1 aromatic rings. The van der Waals surface area contributed by atoms with Gasteiger partial charge in [0.1, 0.15) is 5.82 Å². The Morgan fingerprint density at radius 3 is 2.36 bits per heavy atom. The number of hydrogen-bond acceptors (Lipinski definition) is 0. The Bertz CT molecular complexity index is 268. The summed E-state index contributed by atoms with van der Waals surface area (Å²) in [7, 11) is 0. The van der Waals surface area contributed by atoms with Crippen LogP contribution < -0.4 is 0 Å². The smallest absolute Gasteiger partial charge is 0.123 e. The van der Waals surface area contributed by atoms with Crippen LogP contribution in [-0.4, -0.2) is 5.38 Å². The quantitative estimate of drug-likeness (QED) is 0.655. The van der Waals surface area contributed by atoms with Gasteiger partial charge in [0.25, 0.3) is 0 Å². The molecule has 0 spiro atoms. The first-order valence-corrected chi connectivity index (χ1v) is 5.48. The summed E-state index contributed by atoms with van der Waals surface area (Å²) < 4.78 is 12.7. The van der Waals surface area contributed by atoms with Gasteiger partial charge in [0.15, 0.2) is 0 Å². The van der Waals surface area contributed by atoms with E-state index in [0.717, 1.165) is 18.4 Å². The van der Waals surface area contributed by atoms with Crippen LogP contribution in [0.15, 0.2) is 24.3 Å². The summed E-state index contributed by atoms with van der Waals surface area (Å²) in [4.78, 5) is 0. The summed E-state index contributed by atoms with van der Waals surface area (Å²) in [5.41, 5.74) is 1.11. The van der Waals surface area contributed by atoms with Crippen LogP contribution in [-0.2, 0) is 0 Å². The number of benzene rings is 1. The molecule has 0 fully saturated rings. The summed E-state index contributed by atoms with van der Waals surface area (Å²) in [5.74, 6) is 0.0970. The van der Waals surface area contributed by atoms with Gasteiger partial charge in [-0.3, -0.25) is 0 Å². The van der Waals surface area contributed by atoms with Crippen LogP contribution in [0.3, 0.4) is 0 Å². The van der Waals surface area contributed by atoms with Crippen molar-refractivity contribution >= 4 is 11.6 Å². The molecule has 0 saturated carbocycles. The second kappa shape index (κ2) is 5.35. The molecule has 1 rings (SSSR count). The van der Waals surface area contributed by atoms with E-state index >= 15 is 0 Å². The van der Waals surface area contributed by atoms with Crippen molar-refractivity contribution in [1.29, 1.82) is 0 Å². The highest BCUT2D eigenvalue weighted by molar-refractivity contribution is 6.21. The molecule has 0 aliphatic heterocycles. The Kier molecular flexibility index (Phi) is 4.40. The Balaban J connectivity index is 2.68. The van der Waals surface area contributed by atoms with Gasteiger partial charge in [0.05, 0.1) is 0 Å². The zero-order valence-electron chi connectivity index (χ0n) is 8.63. The van der Waals surface area contributed by atoms with Crippen molar-refractivity contribution in [3.05, 3.63) is 35.6 Å². The van der Waals surface area contributed by atoms with Crippen LogP contribution in [0.1, 0.15) is 38.2 Å². The van der Waals surface area contributed by atoms with E-state index in [-0.39, 0.29) is 17.1 Å². The maximum atomic E-state index is 12.7. The molecule has 0 aliphatic carbocycles. The Hall–Kier alpha value is -0.560. The second-order valence-electron chi connectivity index (χ2n) is 3.64. The molecule has 1 aromatic carbocycles. The minimum absolute atomic E-state index is 0.144. The lowest BCUT2D eigenvalue weighted by Gasteiger charge is -2.17. The first-order valence-electron chi connectivity index (χ1n) is 5.04. The van der Waals surface area contributed by atoms with Gasteiger partial charge in [-0.05, 0) is 30.0 Å². The monoisotopic (exact) mass is 214 g/mol. The highest BCUT2D eigenvalue weighted by Crippen LogP contribution is 2.26. The van der Waals surface area contributed by atoms with Gasteiger partial charge in [0.2, 0.25) is 0 Å². The molecule has 2 unspecified atom stereocenters. The number of rotatable bonds is 4. The molecule has 0 N–H and O–H groups in total. The lowest BCUT2D eigenvalue weighted by Crippen LogP contribution is -2.09. The zero-order valence-corrected chi connectivity index (χ0v) is 9.39. The third-order valence-electron chi connectivity index (χ3n) is 2.50. The zero-order chi connectivity index (χ0) is 10.6. The van der Waals surface area contributed by atoms with Crippen molar-refractivity contribution in [2.75, 3.05) is 0 Å². The highest BCUT2D eigenvalue weighted by Gasteiger charge is 2.15. The van der Waals surface area contributed by atoms with Gasteiger partial charge in [-0.2, -0.15) is 0 Å². The normalized spacial score (nSPS) is 15.1. The van der Waals surface area contributed by atoms with Crippen molar-refractivity contribution in [2.45, 2.75) is 38.0 Å². The molecule has 0 saturated heterocycles. The molecule has 0 bridgehead atoms. The molecule has 0 aliphatic rings. The summed E-state index contributed by atoms with van der Waals surface area (Å²) in [6.07, 6.45) is 2.08. The Morgan fingerprint density at radius 1 is 1.29 bits per heavy atom. The van der Waals surface area contributed by atoms with Crippen LogP contribution in [0.4, 0.5) is 4.39 Å². The van der Waals surface area contributed by atoms with E-state index < -0.39 is 0 Å². The first-order chi connectivity index (χ1) is 6.65. The molecule has 0 nitrogen and oxygen atoms in total. The minimum atomic E-state index is -0.192. The van der Waals surface area contributed by atoms with Crippen molar-refractivity contribution in [3.63, 3.8) is 0 Å². The third kappa shape index (κ3) is 2.98. The number of halogens is 2. The van der Waals surface area contributed by atoms with Gasteiger partial charge in [-0.15, -0.1) is 11.6 Å². The molecule has 78 valence electrons. The van der Waals surface area contributed by atoms with E-state index in [2.05, 4.69) is 13.8 Å². The Labute approximate surface area is 90.1 Å². The van der Waals surface area contributed by atoms with E-state index in [1.807, 2.05) is 12.1 Å². The van der Waals surface area contributed by atoms with Crippen molar-refractivity contribution in [3.8, 4) is 0 Å². The predicted molar refractivity (Wildman–Crippen MR) is 59.4 cm³/mol. The van der Waals surface area contributed by atoms with Crippen LogP contribution in [0.25, 0.3) is 0 Å². The van der Waals surface area contributed by atoms with Crippen LogP contribution in [0.2, 0.25) is 0 Å². The molecule has 0 radical (unpaired) electrons. The fraction of sp³-hybridized carbons (Fsp3) is 0.500. The summed E-state index contributed by atoms with van der Waals surface area (Å²) in [6.45, 7) is 4.20. The highest BCUT2D eigenvalue weighted by atomic mass is 35.5. The lowest BCUT2D eigenvalue weighted by molar-refractivity contribution is 0.616. The van der Waals surface area contributed by atoms with Crippen LogP contribution in [0.5, 0.6) is 0 Å². The summed E-state index contributed by atoms with van der Waals surface area (Å²) in [6, 6.07) is 6.60. The van der Waals surface area contributed by atoms with Crippen molar-refractivity contribution in [2.24, 2.45) is 0 Å². The maximum absolute atomic E-state index is 12.7. The molecule has 2 heteroatoms. The van der Waals surface area contributed by atoms with Crippen LogP contribution in [0, 0.1) is 5.82 Å². The van der Waals surface area contributed by atoms with Crippen molar-refractivity contribution in [1.82, 2.24) is 0 Å².